The van der Waals surface area contributed by atoms with E-state index in [0.29, 0.717) is 0 Å². The lowest BCUT2D eigenvalue weighted by atomic mass is 9.90. The van der Waals surface area contributed by atoms with Gasteiger partial charge in [-0.15, -0.1) is 0 Å². The zero-order valence-electron chi connectivity index (χ0n) is 13.2. The maximum atomic E-state index is 3.38. The second-order valence-electron chi connectivity index (χ2n) is 5.65. The molecule has 2 heteroatoms. The molecule has 4 aromatic rings. The fraction of sp³-hybridized carbons (Fsp3) is 0. The lowest BCUT2D eigenvalue weighted by Gasteiger charge is -2.15. The molecule has 0 aliphatic heterocycles. The first-order chi connectivity index (χ1) is 11.9. The molecule has 2 heterocycles. The second kappa shape index (κ2) is 6.47. The summed E-state index contributed by atoms with van der Waals surface area (Å²) in [5.74, 6) is 0. The van der Waals surface area contributed by atoms with Gasteiger partial charge in [-0.3, -0.25) is 0 Å². The first kappa shape index (κ1) is 14.3. The van der Waals surface area contributed by atoms with E-state index in [4.69, 9.17) is 0 Å². The molecule has 2 aromatic carbocycles. The van der Waals surface area contributed by atoms with Gasteiger partial charge in [0.05, 0.1) is 0 Å². The Hall–Kier alpha value is -3.26. The van der Waals surface area contributed by atoms with Crippen molar-refractivity contribution in [2.45, 2.75) is 0 Å². The Morgan fingerprint density at radius 2 is 0.875 bits per heavy atom. The minimum absolute atomic E-state index is 1.11. The highest BCUT2D eigenvalue weighted by Gasteiger charge is 2.16. The smallest absolute Gasteiger partial charge is 0.0467 e. The molecular formula is C22H18N2. The molecule has 0 aliphatic rings. The van der Waals surface area contributed by atoms with Crippen molar-refractivity contribution in [3.63, 3.8) is 0 Å². The topological polar surface area (TPSA) is 31.6 Å². The van der Waals surface area contributed by atoms with Crippen LogP contribution < -0.4 is 0 Å². The van der Waals surface area contributed by atoms with Gasteiger partial charge in [-0.2, -0.15) is 0 Å². The standard InChI is InChI=1S/C22H18N2/c1-3-9-17(10-4-1)21(19-13-7-15-23-19)22(20-14-8-16-24-20)18-11-5-2-6-12-18/h1-16,23-24H/b22-21+. The highest BCUT2D eigenvalue weighted by atomic mass is 14.7. The molecular weight excluding hydrogens is 292 g/mol. The van der Waals surface area contributed by atoms with Gasteiger partial charge in [0.25, 0.3) is 0 Å². The Labute approximate surface area is 141 Å². The van der Waals surface area contributed by atoms with Crippen molar-refractivity contribution >= 4 is 11.1 Å². The van der Waals surface area contributed by atoms with Crippen LogP contribution in [0.1, 0.15) is 22.5 Å². The lowest BCUT2D eigenvalue weighted by molar-refractivity contribution is 1.32. The number of H-pyrrole nitrogens is 2. The van der Waals surface area contributed by atoms with E-state index in [-0.39, 0.29) is 0 Å². The minimum Gasteiger partial charge on any atom is -0.361 e. The number of aromatic amines is 2. The molecule has 0 aliphatic carbocycles. The largest absolute Gasteiger partial charge is 0.361 e. The van der Waals surface area contributed by atoms with E-state index in [1.54, 1.807) is 0 Å². The third kappa shape index (κ3) is 2.70. The summed E-state index contributed by atoms with van der Waals surface area (Å²) in [6.07, 6.45) is 3.94. The van der Waals surface area contributed by atoms with Gasteiger partial charge >= 0.3 is 0 Å². The molecule has 0 bridgehead atoms. The number of nitrogens with one attached hydrogen (secondary N) is 2. The molecule has 0 fully saturated rings. The summed E-state index contributed by atoms with van der Waals surface area (Å²) < 4.78 is 0. The van der Waals surface area contributed by atoms with Gasteiger partial charge in [-0.1, -0.05) is 60.7 Å². The third-order valence-electron chi connectivity index (χ3n) is 4.11. The predicted octanol–water partition coefficient (Wildman–Crippen LogP) is 5.35. The Morgan fingerprint density at radius 3 is 1.21 bits per heavy atom. The van der Waals surface area contributed by atoms with Gasteiger partial charge in [0.15, 0.2) is 0 Å². The van der Waals surface area contributed by atoms with E-state index in [1.807, 2.05) is 36.7 Å². The van der Waals surface area contributed by atoms with E-state index in [1.165, 1.54) is 22.3 Å². The van der Waals surface area contributed by atoms with Gasteiger partial charge in [-0.05, 0) is 35.4 Å². The number of hydrogen-bond donors (Lipinski definition) is 2. The average Bonchev–Trinajstić information content (AvgIpc) is 3.35. The molecule has 4 rings (SSSR count). The van der Waals surface area contributed by atoms with E-state index in [0.717, 1.165) is 11.4 Å². The lowest BCUT2D eigenvalue weighted by Crippen LogP contribution is -1.97. The zero-order chi connectivity index (χ0) is 16.2. The summed E-state index contributed by atoms with van der Waals surface area (Å²) in [5, 5.41) is 0. The molecule has 0 unspecified atom stereocenters. The third-order valence-corrected chi connectivity index (χ3v) is 4.11. The number of benzene rings is 2. The van der Waals surface area contributed by atoms with Crippen LogP contribution in [0.2, 0.25) is 0 Å². The summed E-state index contributed by atoms with van der Waals surface area (Å²) >= 11 is 0. The maximum Gasteiger partial charge on any atom is 0.0467 e. The zero-order valence-corrected chi connectivity index (χ0v) is 13.2. The molecule has 2 N–H and O–H groups in total. The highest BCUT2D eigenvalue weighted by Crippen LogP contribution is 2.35. The summed E-state index contributed by atoms with van der Waals surface area (Å²) in [6.45, 7) is 0. The van der Waals surface area contributed by atoms with Crippen LogP contribution in [-0.2, 0) is 0 Å². The summed E-state index contributed by atoms with van der Waals surface area (Å²) in [7, 11) is 0. The second-order valence-corrected chi connectivity index (χ2v) is 5.65. The van der Waals surface area contributed by atoms with Crippen LogP contribution in [-0.4, -0.2) is 9.97 Å². The summed E-state index contributed by atoms with van der Waals surface area (Å²) in [5.41, 5.74) is 6.97. The Morgan fingerprint density at radius 1 is 0.458 bits per heavy atom. The maximum absolute atomic E-state index is 3.38. The van der Waals surface area contributed by atoms with Crippen LogP contribution >= 0.6 is 0 Å². The molecule has 24 heavy (non-hydrogen) atoms. The molecule has 0 atom stereocenters. The van der Waals surface area contributed by atoms with Crippen molar-refractivity contribution in [2.24, 2.45) is 0 Å². The van der Waals surface area contributed by atoms with Crippen molar-refractivity contribution in [3.8, 4) is 0 Å². The first-order valence-electron chi connectivity index (χ1n) is 8.06. The van der Waals surface area contributed by atoms with Crippen LogP contribution in [0.5, 0.6) is 0 Å². The molecule has 0 amide bonds. The summed E-state index contributed by atoms with van der Waals surface area (Å²) in [6, 6.07) is 29.3. The molecule has 116 valence electrons. The quantitative estimate of drug-likeness (QED) is 0.476. The number of aromatic nitrogens is 2. The van der Waals surface area contributed by atoms with Crippen molar-refractivity contribution in [3.05, 3.63) is 120 Å². The summed E-state index contributed by atoms with van der Waals surface area (Å²) in [4.78, 5) is 6.75. The monoisotopic (exact) mass is 310 g/mol. The fourth-order valence-corrected chi connectivity index (χ4v) is 3.05. The van der Waals surface area contributed by atoms with E-state index in [9.17, 15) is 0 Å². The van der Waals surface area contributed by atoms with Crippen LogP contribution in [0.3, 0.4) is 0 Å². The number of rotatable bonds is 4. The van der Waals surface area contributed by atoms with Gasteiger partial charge in [0.2, 0.25) is 0 Å². The Bertz CT molecular complexity index is 837. The SMILES string of the molecule is c1ccc(/C(=C(/c2ccccc2)c2ccc[nH]2)c2ccc[nH]2)cc1. The van der Waals surface area contributed by atoms with Crippen LogP contribution in [0, 0.1) is 0 Å². The van der Waals surface area contributed by atoms with Crippen molar-refractivity contribution in [1.29, 1.82) is 0 Å². The minimum atomic E-state index is 1.11. The van der Waals surface area contributed by atoms with Gasteiger partial charge in [0.1, 0.15) is 0 Å². The van der Waals surface area contributed by atoms with E-state index in [2.05, 4.69) is 70.6 Å². The average molecular weight is 310 g/mol. The first-order valence-corrected chi connectivity index (χ1v) is 8.06. The molecule has 2 nitrogen and oxygen atoms in total. The van der Waals surface area contributed by atoms with Gasteiger partial charge < -0.3 is 9.97 Å². The predicted molar refractivity (Wildman–Crippen MR) is 99.5 cm³/mol. The Kier molecular flexibility index (Phi) is 3.86. The molecule has 0 radical (unpaired) electrons. The van der Waals surface area contributed by atoms with Crippen LogP contribution in [0.25, 0.3) is 11.1 Å². The van der Waals surface area contributed by atoms with E-state index >= 15 is 0 Å². The van der Waals surface area contributed by atoms with Crippen molar-refractivity contribution < 1.29 is 0 Å². The number of hydrogen-bond acceptors (Lipinski definition) is 0. The van der Waals surface area contributed by atoms with Crippen molar-refractivity contribution in [2.75, 3.05) is 0 Å². The van der Waals surface area contributed by atoms with Crippen LogP contribution in [0.15, 0.2) is 97.3 Å². The Balaban J connectivity index is 2.07. The molecule has 0 saturated carbocycles. The molecule has 0 saturated heterocycles. The highest BCUT2D eigenvalue weighted by molar-refractivity contribution is 6.03. The van der Waals surface area contributed by atoms with E-state index < -0.39 is 0 Å². The van der Waals surface area contributed by atoms with Crippen LogP contribution in [0.4, 0.5) is 0 Å². The molecule has 0 spiro atoms. The normalized spacial score (nSPS) is 12.0. The van der Waals surface area contributed by atoms with Gasteiger partial charge in [0, 0.05) is 34.9 Å². The fourth-order valence-electron chi connectivity index (χ4n) is 3.05. The molecule has 2 aromatic heterocycles. The van der Waals surface area contributed by atoms with Gasteiger partial charge in [-0.25, -0.2) is 0 Å². The van der Waals surface area contributed by atoms with Crippen molar-refractivity contribution in [1.82, 2.24) is 9.97 Å².